The molecule has 1 amide bonds. The number of carbonyl (C=O) groups excluding carboxylic acids is 1. The number of carboxylic acid groups (broad SMARTS) is 1. The summed E-state index contributed by atoms with van der Waals surface area (Å²) in [6.07, 6.45) is 1.05. The molecule has 0 aliphatic rings. The van der Waals surface area contributed by atoms with Crippen molar-refractivity contribution >= 4 is 11.9 Å². The summed E-state index contributed by atoms with van der Waals surface area (Å²) in [5.74, 6) is -1.19. The summed E-state index contributed by atoms with van der Waals surface area (Å²) in [6, 6.07) is 1.91. The van der Waals surface area contributed by atoms with Gasteiger partial charge in [0.2, 0.25) is 5.91 Å². The first-order valence-corrected chi connectivity index (χ1v) is 5.18. The number of carboxylic acids is 1. The molecular formula is C10H17N3O3. The molecule has 2 N–H and O–H groups in total. The Kier molecular flexibility index (Phi) is 7.81. The van der Waals surface area contributed by atoms with Crippen molar-refractivity contribution in [3.05, 3.63) is 0 Å². The van der Waals surface area contributed by atoms with Gasteiger partial charge >= 0.3 is 5.97 Å². The molecule has 0 aliphatic heterocycles. The van der Waals surface area contributed by atoms with E-state index in [0.717, 1.165) is 6.42 Å². The predicted octanol–water partition coefficient (Wildman–Crippen LogP) is -0.187. The van der Waals surface area contributed by atoms with Crippen LogP contribution in [0, 0.1) is 11.3 Å². The molecule has 16 heavy (non-hydrogen) atoms. The molecule has 90 valence electrons. The van der Waals surface area contributed by atoms with Crippen molar-refractivity contribution in [2.75, 3.05) is 26.2 Å². The molecule has 0 aliphatic carbocycles. The topological polar surface area (TPSA) is 93.4 Å². The zero-order valence-corrected chi connectivity index (χ0v) is 9.40. The Bertz CT molecular complexity index is 273. The molecule has 0 rings (SSSR count). The SMILES string of the molecule is CCCN(CC(=O)O)CC(=O)NCCC#N. The van der Waals surface area contributed by atoms with Crippen molar-refractivity contribution in [1.82, 2.24) is 10.2 Å². The molecular weight excluding hydrogens is 210 g/mol. The molecule has 0 fully saturated rings. The molecule has 0 aromatic carbocycles. The van der Waals surface area contributed by atoms with Crippen LogP contribution in [0.15, 0.2) is 0 Å². The Hall–Kier alpha value is -1.61. The van der Waals surface area contributed by atoms with Crippen LogP contribution in [-0.4, -0.2) is 48.1 Å². The van der Waals surface area contributed by atoms with Gasteiger partial charge in [-0.25, -0.2) is 0 Å². The van der Waals surface area contributed by atoms with Gasteiger partial charge in [0.05, 0.1) is 25.6 Å². The van der Waals surface area contributed by atoms with E-state index in [1.165, 1.54) is 0 Å². The first-order valence-electron chi connectivity index (χ1n) is 5.18. The Morgan fingerprint density at radius 2 is 2.12 bits per heavy atom. The monoisotopic (exact) mass is 227 g/mol. The van der Waals surface area contributed by atoms with E-state index in [1.807, 2.05) is 13.0 Å². The Balaban J connectivity index is 3.93. The summed E-state index contributed by atoms with van der Waals surface area (Å²) in [6.45, 7) is 2.72. The summed E-state index contributed by atoms with van der Waals surface area (Å²) in [5, 5.41) is 19.4. The van der Waals surface area contributed by atoms with E-state index < -0.39 is 5.97 Å². The molecule has 0 spiro atoms. The lowest BCUT2D eigenvalue weighted by atomic mass is 10.3. The Morgan fingerprint density at radius 1 is 1.44 bits per heavy atom. The highest BCUT2D eigenvalue weighted by Crippen LogP contribution is 1.91. The van der Waals surface area contributed by atoms with E-state index in [4.69, 9.17) is 10.4 Å². The smallest absolute Gasteiger partial charge is 0.317 e. The number of rotatable bonds is 8. The minimum absolute atomic E-state index is 0.0611. The average Bonchev–Trinajstić information content (AvgIpc) is 2.17. The zero-order chi connectivity index (χ0) is 12.4. The number of aliphatic carboxylic acids is 1. The number of nitrogens with one attached hydrogen (secondary N) is 1. The number of nitriles is 1. The van der Waals surface area contributed by atoms with E-state index in [9.17, 15) is 9.59 Å². The van der Waals surface area contributed by atoms with Gasteiger partial charge in [0.15, 0.2) is 0 Å². The zero-order valence-electron chi connectivity index (χ0n) is 9.40. The molecule has 0 saturated heterocycles. The number of nitrogens with zero attached hydrogens (tertiary/aromatic N) is 2. The van der Waals surface area contributed by atoms with Gasteiger partial charge in [-0.2, -0.15) is 5.26 Å². The van der Waals surface area contributed by atoms with E-state index in [-0.39, 0.29) is 25.4 Å². The van der Waals surface area contributed by atoms with Crippen molar-refractivity contribution in [2.24, 2.45) is 0 Å². The van der Waals surface area contributed by atoms with Gasteiger partial charge in [-0.3, -0.25) is 14.5 Å². The molecule has 0 radical (unpaired) electrons. The standard InChI is InChI=1S/C10H17N3O3/c1-2-6-13(8-10(15)16)7-9(14)12-5-3-4-11/h2-3,5-8H2,1H3,(H,12,14)(H,15,16). The summed E-state index contributed by atoms with van der Waals surface area (Å²) >= 11 is 0. The van der Waals surface area contributed by atoms with Gasteiger partial charge in [-0.15, -0.1) is 0 Å². The van der Waals surface area contributed by atoms with Gasteiger partial charge in [-0.1, -0.05) is 6.92 Å². The third kappa shape index (κ3) is 7.76. The van der Waals surface area contributed by atoms with Crippen LogP contribution < -0.4 is 5.32 Å². The minimum atomic E-state index is -0.946. The lowest BCUT2D eigenvalue weighted by Crippen LogP contribution is -2.40. The van der Waals surface area contributed by atoms with Crippen molar-refractivity contribution in [3.8, 4) is 6.07 Å². The normalized spacial score (nSPS) is 9.81. The maximum atomic E-state index is 11.3. The third-order valence-corrected chi connectivity index (χ3v) is 1.82. The van der Waals surface area contributed by atoms with Crippen LogP contribution >= 0.6 is 0 Å². The first kappa shape index (κ1) is 14.4. The van der Waals surface area contributed by atoms with Crippen molar-refractivity contribution in [1.29, 1.82) is 5.26 Å². The molecule has 0 atom stereocenters. The second-order valence-electron chi connectivity index (χ2n) is 3.36. The largest absolute Gasteiger partial charge is 0.480 e. The van der Waals surface area contributed by atoms with E-state index >= 15 is 0 Å². The van der Waals surface area contributed by atoms with Gasteiger partial charge in [0.25, 0.3) is 0 Å². The Morgan fingerprint density at radius 3 is 2.62 bits per heavy atom. The van der Waals surface area contributed by atoms with Gasteiger partial charge in [0, 0.05) is 6.54 Å². The van der Waals surface area contributed by atoms with Crippen LogP contribution in [0.3, 0.4) is 0 Å². The lowest BCUT2D eigenvalue weighted by Gasteiger charge is -2.18. The maximum absolute atomic E-state index is 11.3. The van der Waals surface area contributed by atoms with E-state index in [0.29, 0.717) is 13.1 Å². The lowest BCUT2D eigenvalue weighted by molar-refractivity contribution is -0.138. The van der Waals surface area contributed by atoms with Crippen LogP contribution in [0.4, 0.5) is 0 Å². The summed E-state index contributed by atoms with van der Waals surface area (Å²) in [4.78, 5) is 23.4. The highest BCUT2D eigenvalue weighted by molar-refractivity contribution is 5.79. The fraction of sp³-hybridized carbons (Fsp3) is 0.700. The molecule has 0 saturated carbocycles. The predicted molar refractivity (Wildman–Crippen MR) is 57.6 cm³/mol. The quantitative estimate of drug-likeness (QED) is 0.561. The second kappa shape index (κ2) is 8.68. The maximum Gasteiger partial charge on any atom is 0.317 e. The van der Waals surface area contributed by atoms with Crippen molar-refractivity contribution in [3.63, 3.8) is 0 Å². The van der Waals surface area contributed by atoms with E-state index in [1.54, 1.807) is 4.90 Å². The average molecular weight is 227 g/mol. The number of carbonyl (C=O) groups is 2. The van der Waals surface area contributed by atoms with Crippen molar-refractivity contribution < 1.29 is 14.7 Å². The summed E-state index contributed by atoms with van der Waals surface area (Å²) in [5.41, 5.74) is 0. The summed E-state index contributed by atoms with van der Waals surface area (Å²) < 4.78 is 0. The fourth-order valence-electron chi connectivity index (χ4n) is 1.24. The van der Waals surface area contributed by atoms with Gasteiger partial charge in [0.1, 0.15) is 0 Å². The van der Waals surface area contributed by atoms with Crippen LogP contribution in [0.1, 0.15) is 19.8 Å². The number of amides is 1. The van der Waals surface area contributed by atoms with Crippen LogP contribution in [0.2, 0.25) is 0 Å². The van der Waals surface area contributed by atoms with E-state index in [2.05, 4.69) is 5.32 Å². The molecule has 6 nitrogen and oxygen atoms in total. The summed E-state index contributed by atoms with van der Waals surface area (Å²) in [7, 11) is 0. The molecule has 0 aromatic heterocycles. The van der Waals surface area contributed by atoms with Gasteiger partial charge in [-0.05, 0) is 13.0 Å². The molecule has 0 heterocycles. The highest BCUT2D eigenvalue weighted by atomic mass is 16.4. The third-order valence-electron chi connectivity index (χ3n) is 1.82. The second-order valence-corrected chi connectivity index (χ2v) is 3.36. The Labute approximate surface area is 94.8 Å². The first-order chi connectivity index (χ1) is 7.60. The molecule has 6 heteroatoms. The van der Waals surface area contributed by atoms with Gasteiger partial charge < -0.3 is 10.4 Å². The van der Waals surface area contributed by atoms with Crippen LogP contribution in [0.25, 0.3) is 0 Å². The molecule has 0 bridgehead atoms. The number of hydrogen-bond donors (Lipinski definition) is 2. The molecule has 0 unspecified atom stereocenters. The fourth-order valence-corrected chi connectivity index (χ4v) is 1.24. The van der Waals surface area contributed by atoms with Crippen molar-refractivity contribution in [2.45, 2.75) is 19.8 Å². The van der Waals surface area contributed by atoms with Crippen LogP contribution in [-0.2, 0) is 9.59 Å². The van der Waals surface area contributed by atoms with Crippen LogP contribution in [0.5, 0.6) is 0 Å². The minimum Gasteiger partial charge on any atom is -0.480 e. The molecule has 0 aromatic rings. The number of hydrogen-bond acceptors (Lipinski definition) is 4. The highest BCUT2D eigenvalue weighted by Gasteiger charge is 2.12.